The van der Waals surface area contributed by atoms with Gasteiger partial charge in [0.2, 0.25) is 0 Å². The lowest BCUT2D eigenvalue weighted by Gasteiger charge is -2.16. The lowest BCUT2D eigenvalue weighted by Crippen LogP contribution is -2.21. The maximum Gasteiger partial charge on any atom is 0.175 e. The Morgan fingerprint density at radius 3 is 2.67 bits per heavy atom. The second-order valence-corrected chi connectivity index (χ2v) is 6.48. The first-order valence-corrected chi connectivity index (χ1v) is 8.26. The van der Waals surface area contributed by atoms with Gasteiger partial charge in [-0.15, -0.1) is 10.2 Å². The molecule has 0 N–H and O–H groups in total. The highest BCUT2D eigenvalue weighted by Gasteiger charge is 2.24. The second-order valence-electron chi connectivity index (χ2n) is 6.48. The molecule has 1 fully saturated rings. The highest BCUT2D eigenvalue weighted by Crippen LogP contribution is 2.24. The molecule has 0 bridgehead atoms. The fourth-order valence-electron chi connectivity index (χ4n) is 3.27. The van der Waals surface area contributed by atoms with Gasteiger partial charge in [-0.3, -0.25) is 4.68 Å². The molecule has 3 aromatic heterocycles. The average Bonchev–Trinajstić information content (AvgIpc) is 3.30. The summed E-state index contributed by atoms with van der Waals surface area (Å²) in [5.74, 6) is 2.33. The first-order valence-electron chi connectivity index (χ1n) is 8.26. The highest BCUT2D eigenvalue weighted by molar-refractivity contribution is 5.41. The van der Waals surface area contributed by atoms with Gasteiger partial charge >= 0.3 is 0 Å². The van der Waals surface area contributed by atoms with E-state index >= 15 is 0 Å². The molecule has 24 heavy (non-hydrogen) atoms. The third kappa shape index (κ3) is 3.02. The molecule has 1 atom stereocenters. The van der Waals surface area contributed by atoms with Crippen LogP contribution in [-0.2, 0) is 13.5 Å². The van der Waals surface area contributed by atoms with Gasteiger partial charge in [0, 0.05) is 32.5 Å². The number of rotatable bonds is 4. The summed E-state index contributed by atoms with van der Waals surface area (Å²) in [5.41, 5.74) is 2.28. The van der Waals surface area contributed by atoms with Crippen LogP contribution in [0, 0.1) is 12.8 Å². The topological polar surface area (TPSA) is 64.7 Å². The molecule has 7 nitrogen and oxygen atoms in total. The van der Waals surface area contributed by atoms with Crippen LogP contribution in [0.25, 0.3) is 5.82 Å². The lowest BCUT2D eigenvalue weighted by atomic mass is 10.0. The zero-order valence-electron chi connectivity index (χ0n) is 14.0. The van der Waals surface area contributed by atoms with Crippen molar-refractivity contribution in [2.45, 2.75) is 19.8 Å². The Balaban J connectivity index is 1.41. The Morgan fingerprint density at radius 2 is 2.00 bits per heavy atom. The molecule has 4 heterocycles. The zero-order chi connectivity index (χ0) is 16.5. The van der Waals surface area contributed by atoms with Gasteiger partial charge in [0.1, 0.15) is 0 Å². The van der Waals surface area contributed by atoms with Crippen molar-refractivity contribution in [1.29, 1.82) is 0 Å². The standard InChI is InChI=1S/C17H21N7/c1-13-5-8-24(21-13)17-4-3-16(19-20-17)23-7-6-14(12-23)9-15-10-18-22(2)11-15/h3-5,8,10-11,14H,6-7,9,12H2,1-2H3. The zero-order valence-corrected chi connectivity index (χ0v) is 14.0. The molecule has 0 radical (unpaired) electrons. The Hall–Kier alpha value is -2.70. The molecule has 1 aliphatic rings. The van der Waals surface area contributed by atoms with Crippen molar-refractivity contribution in [2.24, 2.45) is 13.0 Å². The fraction of sp³-hybridized carbons (Fsp3) is 0.412. The second kappa shape index (κ2) is 6.07. The summed E-state index contributed by atoms with van der Waals surface area (Å²) in [4.78, 5) is 2.31. The van der Waals surface area contributed by atoms with Gasteiger partial charge in [0.15, 0.2) is 11.6 Å². The third-order valence-corrected chi connectivity index (χ3v) is 4.49. The molecule has 3 aromatic rings. The van der Waals surface area contributed by atoms with Crippen LogP contribution in [0.3, 0.4) is 0 Å². The summed E-state index contributed by atoms with van der Waals surface area (Å²) in [7, 11) is 1.96. The van der Waals surface area contributed by atoms with Gasteiger partial charge in [0.25, 0.3) is 0 Å². The van der Waals surface area contributed by atoms with Gasteiger partial charge in [0.05, 0.1) is 11.9 Å². The number of anilines is 1. The number of aryl methyl sites for hydroxylation is 2. The van der Waals surface area contributed by atoms with E-state index in [0.717, 1.165) is 36.8 Å². The summed E-state index contributed by atoms with van der Waals surface area (Å²) < 4.78 is 3.62. The summed E-state index contributed by atoms with van der Waals surface area (Å²) in [6.07, 6.45) is 8.21. The minimum absolute atomic E-state index is 0.643. The maximum absolute atomic E-state index is 4.39. The van der Waals surface area contributed by atoms with E-state index in [1.165, 1.54) is 12.0 Å². The van der Waals surface area contributed by atoms with Crippen LogP contribution >= 0.6 is 0 Å². The van der Waals surface area contributed by atoms with E-state index in [4.69, 9.17) is 0 Å². The van der Waals surface area contributed by atoms with Crippen molar-refractivity contribution in [3.63, 3.8) is 0 Å². The molecule has 0 spiro atoms. The minimum Gasteiger partial charge on any atom is -0.355 e. The van der Waals surface area contributed by atoms with Gasteiger partial charge in [-0.05, 0) is 49.4 Å². The SMILES string of the molecule is Cc1ccn(-c2ccc(N3CCC(Cc4cnn(C)c4)C3)nn2)n1. The predicted octanol–water partition coefficient (Wildman–Crippen LogP) is 1.77. The largest absolute Gasteiger partial charge is 0.355 e. The van der Waals surface area contributed by atoms with E-state index in [2.05, 4.69) is 31.5 Å². The summed E-state index contributed by atoms with van der Waals surface area (Å²) in [6, 6.07) is 5.97. The van der Waals surface area contributed by atoms with Crippen LogP contribution < -0.4 is 4.90 Å². The Labute approximate surface area is 140 Å². The summed E-state index contributed by atoms with van der Waals surface area (Å²) in [5, 5.41) is 17.3. The van der Waals surface area contributed by atoms with E-state index in [0.29, 0.717) is 5.92 Å². The number of hydrogen-bond acceptors (Lipinski definition) is 5. The molecular formula is C17H21N7. The molecule has 0 saturated carbocycles. The third-order valence-electron chi connectivity index (χ3n) is 4.49. The molecule has 0 aliphatic carbocycles. The van der Waals surface area contributed by atoms with Crippen LogP contribution in [0.2, 0.25) is 0 Å². The van der Waals surface area contributed by atoms with Crippen LogP contribution in [-0.4, -0.2) is 42.8 Å². The van der Waals surface area contributed by atoms with Crippen LogP contribution in [0.5, 0.6) is 0 Å². The molecule has 4 rings (SSSR count). The van der Waals surface area contributed by atoms with Crippen molar-refractivity contribution >= 4 is 5.82 Å². The van der Waals surface area contributed by atoms with Crippen molar-refractivity contribution in [1.82, 2.24) is 29.8 Å². The molecule has 0 aromatic carbocycles. The van der Waals surface area contributed by atoms with Gasteiger partial charge in [-0.2, -0.15) is 10.2 Å². The monoisotopic (exact) mass is 323 g/mol. The molecule has 0 amide bonds. The minimum atomic E-state index is 0.643. The van der Waals surface area contributed by atoms with Crippen molar-refractivity contribution in [3.8, 4) is 5.82 Å². The fourth-order valence-corrected chi connectivity index (χ4v) is 3.27. The molecule has 1 aliphatic heterocycles. The van der Waals surface area contributed by atoms with E-state index in [9.17, 15) is 0 Å². The number of nitrogens with zero attached hydrogens (tertiary/aromatic N) is 7. The maximum atomic E-state index is 4.39. The molecule has 1 unspecified atom stereocenters. The molecule has 7 heteroatoms. The van der Waals surface area contributed by atoms with Crippen LogP contribution in [0.15, 0.2) is 36.8 Å². The van der Waals surface area contributed by atoms with Gasteiger partial charge in [-0.1, -0.05) is 0 Å². The highest BCUT2D eigenvalue weighted by atomic mass is 15.4. The van der Waals surface area contributed by atoms with E-state index < -0.39 is 0 Å². The molecule has 124 valence electrons. The first kappa shape index (κ1) is 14.9. The van der Waals surface area contributed by atoms with E-state index in [1.807, 2.05) is 49.2 Å². The normalized spacial score (nSPS) is 17.6. The van der Waals surface area contributed by atoms with E-state index in [-0.39, 0.29) is 0 Å². The lowest BCUT2D eigenvalue weighted by molar-refractivity contribution is 0.585. The average molecular weight is 323 g/mol. The Bertz CT molecular complexity index is 818. The van der Waals surface area contributed by atoms with Crippen molar-refractivity contribution < 1.29 is 0 Å². The Morgan fingerprint density at radius 1 is 1.17 bits per heavy atom. The summed E-state index contributed by atoms with van der Waals surface area (Å²) >= 11 is 0. The van der Waals surface area contributed by atoms with Crippen LogP contribution in [0.4, 0.5) is 5.82 Å². The van der Waals surface area contributed by atoms with Gasteiger partial charge < -0.3 is 4.90 Å². The van der Waals surface area contributed by atoms with Crippen molar-refractivity contribution in [3.05, 3.63) is 48.0 Å². The first-order chi connectivity index (χ1) is 11.7. The quantitative estimate of drug-likeness (QED) is 0.732. The number of aromatic nitrogens is 6. The number of hydrogen-bond donors (Lipinski definition) is 0. The molecular weight excluding hydrogens is 302 g/mol. The van der Waals surface area contributed by atoms with Gasteiger partial charge in [-0.25, -0.2) is 4.68 Å². The predicted molar refractivity (Wildman–Crippen MR) is 91.1 cm³/mol. The summed E-state index contributed by atoms with van der Waals surface area (Å²) in [6.45, 7) is 4.01. The molecule has 1 saturated heterocycles. The Kier molecular flexibility index (Phi) is 3.76. The van der Waals surface area contributed by atoms with Crippen molar-refractivity contribution in [2.75, 3.05) is 18.0 Å². The van der Waals surface area contributed by atoms with Crippen LogP contribution in [0.1, 0.15) is 17.7 Å². The van der Waals surface area contributed by atoms with E-state index in [1.54, 1.807) is 4.68 Å². The smallest absolute Gasteiger partial charge is 0.175 e.